The number of furan rings is 1. The number of benzene rings is 1. The number of hydrogen-bond acceptors (Lipinski definition) is 4. The summed E-state index contributed by atoms with van der Waals surface area (Å²) in [5.41, 5.74) is -4.16. The molecule has 4 nitrogen and oxygen atoms in total. The van der Waals surface area contributed by atoms with Gasteiger partial charge in [-0.2, -0.15) is 26.3 Å². The van der Waals surface area contributed by atoms with E-state index in [1.54, 1.807) is 0 Å². The molecule has 2 aromatic rings. The van der Waals surface area contributed by atoms with Crippen molar-refractivity contribution in [1.82, 2.24) is 4.72 Å². The van der Waals surface area contributed by atoms with Crippen LogP contribution in [0.5, 0.6) is 0 Å². The van der Waals surface area contributed by atoms with Crippen LogP contribution in [0.2, 0.25) is 0 Å². The first kappa shape index (κ1) is 22.2. The van der Waals surface area contributed by atoms with Gasteiger partial charge < -0.3 is 9.52 Å². The molecule has 0 saturated heterocycles. The van der Waals surface area contributed by atoms with Crippen LogP contribution in [0.1, 0.15) is 36.1 Å². The van der Waals surface area contributed by atoms with Crippen molar-refractivity contribution in [3.8, 4) is 0 Å². The average Bonchev–Trinajstić information content (AvgIpc) is 3.00. The fraction of sp³-hybridized carbons (Fsp3) is 0.353. The van der Waals surface area contributed by atoms with E-state index in [0.717, 1.165) is 0 Å². The molecule has 0 unspecified atom stereocenters. The monoisotopic (exact) mass is 427 g/mol. The zero-order valence-corrected chi connectivity index (χ0v) is 15.4. The van der Waals surface area contributed by atoms with Crippen LogP contribution in [-0.2, 0) is 29.2 Å². The van der Waals surface area contributed by atoms with Crippen molar-refractivity contribution in [3.05, 3.63) is 52.8 Å². The Morgan fingerprint density at radius 3 is 1.96 bits per heavy atom. The van der Waals surface area contributed by atoms with Gasteiger partial charge in [-0.25, -0.2) is 0 Å². The minimum Gasteiger partial charge on any atom is -0.456 e. The lowest BCUT2D eigenvalue weighted by atomic mass is 10.0. The van der Waals surface area contributed by atoms with E-state index in [1.807, 2.05) is 0 Å². The lowest BCUT2D eigenvalue weighted by molar-refractivity contribution is -0.143. The predicted octanol–water partition coefficient (Wildman–Crippen LogP) is 4.91. The predicted molar refractivity (Wildman–Crippen MR) is 88.1 cm³/mol. The fourth-order valence-electron chi connectivity index (χ4n) is 2.14. The molecule has 0 aliphatic rings. The normalized spacial score (nSPS) is 12.9. The molecule has 0 bridgehead atoms. The van der Waals surface area contributed by atoms with E-state index in [4.69, 9.17) is 4.42 Å². The van der Waals surface area contributed by atoms with Crippen LogP contribution in [0.15, 0.2) is 40.0 Å². The van der Waals surface area contributed by atoms with Gasteiger partial charge in [0.1, 0.15) is 0 Å². The van der Waals surface area contributed by atoms with Gasteiger partial charge in [0.15, 0.2) is 5.09 Å². The number of carbonyl (C=O) groups is 1. The zero-order valence-electron chi connectivity index (χ0n) is 14.5. The molecular formula is C17H15F6NO3S. The van der Waals surface area contributed by atoms with Crippen LogP contribution in [0, 0.1) is 0 Å². The molecule has 154 valence electrons. The number of hydrogen-bond donors (Lipinski definition) is 2. The summed E-state index contributed by atoms with van der Waals surface area (Å²) in [5.74, 6) is -0.821. The quantitative estimate of drug-likeness (QED) is 0.526. The number of rotatable bonds is 5. The zero-order chi connectivity index (χ0) is 21.3. The van der Waals surface area contributed by atoms with Gasteiger partial charge in [0, 0.05) is 17.5 Å². The first-order valence-corrected chi connectivity index (χ1v) is 8.53. The molecule has 1 aromatic carbocycles. The molecule has 1 amide bonds. The Kier molecular flexibility index (Phi) is 6.10. The Morgan fingerprint density at radius 1 is 1.00 bits per heavy atom. The van der Waals surface area contributed by atoms with Crippen molar-refractivity contribution < 1.29 is 40.7 Å². The SMILES string of the molecule is CC(C)(O)c1coc(SNC(=O)Cc2cc(C(F)(F)F)cc(C(F)(F)F)c2)c1. The molecule has 0 fully saturated rings. The van der Waals surface area contributed by atoms with Crippen molar-refractivity contribution >= 4 is 17.9 Å². The van der Waals surface area contributed by atoms with E-state index in [2.05, 4.69) is 4.72 Å². The van der Waals surface area contributed by atoms with E-state index in [1.165, 1.54) is 26.2 Å². The Labute approximate surface area is 160 Å². The molecule has 28 heavy (non-hydrogen) atoms. The van der Waals surface area contributed by atoms with Crippen LogP contribution in [0.25, 0.3) is 0 Å². The van der Waals surface area contributed by atoms with Crippen LogP contribution in [0.3, 0.4) is 0 Å². The van der Waals surface area contributed by atoms with E-state index in [9.17, 15) is 36.2 Å². The molecule has 0 saturated carbocycles. The summed E-state index contributed by atoms with van der Waals surface area (Å²) < 4.78 is 84.4. The topological polar surface area (TPSA) is 62.5 Å². The molecular weight excluding hydrogens is 412 g/mol. The fourth-order valence-corrected chi connectivity index (χ4v) is 2.71. The first-order chi connectivity index (χ1) is 12.7. The van der Waals surface area contributed by atoms with E-state index < -0.39 is 47.0 Å². The van der Waals surface area contributed by atoms with Gasteiger partial charge >= 0.3 is 12.4 Å². The maximum absolute atomic E-state index is 12.8. The highest BCUT2D eigenvalue weighted by atomic mass is 32.2. The number of amides is 1. The molecule has 0 radical (unpaired) electrons. The highest BCUT2D eigenvalue weighted by Gasteiger charge is 2.37. The summed E-state index contributed by atoms with van der Waals surface area (Å²) in [5, 5.41) is 10.0. The summed E-state index contributed by atoms with van der Waals surface area (Å²) >= 11 is 0.682. The molecule has 11 heteroatoms. The minimum atomic E-state index is -4.98. The standard InChI is InChI=1S/C17H15F6NO3S/c1-15(2,26)12-7-14(27-8-12)28-24-13(25)5-9-3-10(16(18,19)20)6-11(4-9)17(21,22)23/h3-4,6-8,26H,5H2,1-2H3,(H,24,25). The van der Waals surface area contributed by atoms with Crippen LogP contribution >= 0.6 is 11.9 Å². The van der Waals surface area contributed by atoms with Crippen LogP contribution in [-0.4, -0.2) is 11.0 Å². The van der Waals surface area contributed by atoms with Crippen molar-refractivity contribution in [1.29, 1.82) is 0 Å². The number of carbonyl (C=O) groups excluding carboxylic acids is 1. The molecule has 1 aromatic heterocycles. The number of halogens is 6. The Bertz CT molecular complexity index is 820. The van der Waals surface area contributed by atoms with E-state index in [0.29, 0.717) is 29.6 Å². The first-order valence-electron chi connectivity index (χ1n) is 7.71. The molecule has 2 rings (SSSR count). The summed E-state index contributed by atoms with van der Waals surface area (Å²) in [7, 11) is 0. The van der Waals surface area contributed by atoms with Gasteiger partial charge in [-0.15, -0.1) is 0 Å². The Balaban J connectivity index is 2.11. The van der Waals surface area contributed by atoms with Gasteiger partial charge in [-0.1, -0.05) is 0 Å². The summed E-state index contributed by atoms with van der Waals surface area (Å²) in [4.78, 5) is 11.9. The molecule has 0 aliphatic carbocycles. The Morgan fingerprint density at radius 2 is 1.54 bits per heavy atom. The summed E-state index contributed by atoms with van der Waals surface area (Å²) in [6.45, 7) is 3.02. The average molecular weight is 427 g/mol. The smallest absolute Gasteiger partial charge is 0.416 e. The molecule has 2 N–H and O–H groups in total. The molecule has 0 atom stereocenters. The molecule has 0 aliphatic heterocycles. The third kappa shape index (κ3) is 5.93. The van der Waals surface area contributed by atoms with Crippen molar-refractivity contribution in [2.75, 3.05) is 0 Å². The van der Waals surface area contributed by atoms with Crippen molar-refractivity contribution in [2.24, 2.45) is 0 Å². The van der Waals surface area contributed by atoms with E-state index >= 15 is 0 Å². The van der Waals surface area contributed by atoms with Gasteiger partial charge in [-0.05, 0) is 43.7 Å². The third-order valence-corrected chi connectivity index (χ3v) is 4.30. The van der Waals surface area contributed by atoms with Gasteiger partial charge in [0.2, 0.25) is 5.91 Å². The second-order valence-electron chi connectivity index (χ2n) is 6.43. The summed E-state index contributed by atoms with van der Waals surface area (Å²) in [6, 6.07) is 2.44. The maximum atomic E-state index is 12.8. The molecule has 1 heterocycles. The lowest BCUT2D eigenvalue weighted by Gasteiger charge is -2.14. The second-order valence-corrected chi connectivity index (χ2v) is 7.24. The van der Waals surface area contributed by atoms with Gasteiger partial charge in [0.05, 0.1) is 29.4 Å². The lowest BCUT2D eigenvalue weighted by Crippen LogP contribution is -2.19. The van der Waals surface area contributed by atoms with Crippen LogP contribution in [0.4, 0.5) is 26.3 Å². The van der Waals surface area contributed by atoms with Crippen LogP contribution < -0.4 is 4.72 Å². The number of aliphatic hydroxyl groups is 1. The highest BCUT2D eigenvalue weighted by Crippen LogP contribution is 2.36. The van der Waals surface area contributed by atoms with Crippen molar-refractivity contribution in [3.63, 3.8) is 0 Å². The summed E-state index contributed by atoms with van der Waals surface area (Å²) in [6.07, 6.45) is -9.40. The number of alkyl halides is 6. The maximum Gasteiger partial charge on any atom is 0.416 e. The highest BCUT2D eigenvalue weighted by molar-refractivity contribution is 7.97. The minimum absolute atomic E-state index is 0.00281. The Hall–Kier alpha value is -2.14. The van der Waals surface area contributed by atoms with E-state index in [-0.39, 0.29) is 11.2 Å². The largest absolute Gasteiger partial charge is 0.456 e. The van der Waals surface area contributed by atoms with Gasteiger partial charge in [0.25, 0.3) is 0 Å². The number of nitrogens with one attached hydrogen (secondary N) is 1. The third-order valence-electron chi connectivity index (χ3n) is 3.56. The van der Waals surface area contributed by atoms with Gasteiger partial charge in [-0.3, -0.25) is 9.52 Å². The van der Waals surface area contributed by atoms with Crippen molar-refractivity contribution in [2.45, 2.75) is 43.3 Å². The molecule has 0 spiro atoms. The second kappa shape index (κ2) is 7.70.